The Labute approximate surface area is 103 Å². The summed E-state index contributed by atoms with van der Waals surface area (Å²) < 4.78 is 1.09. The van der Waals surface area contributed by atoms with Gasteiger partial charge in [0, 0.05) is 42.1 Å². The average molecular weight is 316 g/mol. The zero-order valence-corrected chi connectivity index (χ0v) is 10.5. The van der Waals surface area contributed by atoms with E-state index in [9.17, 15) is 0 Å². The van der Waals surface area contributed by atoms with Crippen LogP contribution in [-0.2, 0) is 0 Å². The Morgan fingerprint density at radius 2 is 1.80 bits per heavy atom. The number of nitrogens with one attached hydrogen (secondary N) is 1. The fourth-order valence-electron chi connectivity index (χ4n) is 2.49. The molecule has 3 rings (SSSR count). The third kappa shape index (κ3) is 1.82. The second-order valence-corrected chi connectivity index (χ2v) is 5.53. The summed E-state index contributed by atoms with van der Waals surface area (Å²) in [4.78, 5) is 11.1. The number of fused-ring (bicyclic) bond motifs is 1. The van der Waals surface area contributed by atoms with E-state index in [4.69, 9.17) is 0 Å². The van der Waals surface area contributed by atoms with E-state index in [1.54, 1.807) is 0 Å². The first-order valence-corrected chi connectivity index (χ1v) is 6.34. The van der Waals surface area contributed by atoms with Gasteiger partial charge in [0.15, 0.2) is 0 Å². The number of hydrogen-bond donors (Lipinski definition) is 1. The summed E-state index contributed by atoms with van der Waals surface area (Å²) in [6.45, 7) is 4.54. The van der Waals surface area contributed by atoms with Crippen molar-refractivity contribution in [2.75, 3.05) is 31.1 Å². The Balaban J connectivity index is 1.76. The van der Waals surface area contributed by atoms with Crippen molar-refractivity contribution in [2.45, 2.75) is 0 Å². The van der Waals surface area contributed by atoms with Crippen LogP contribution in [0.4, 0.5) is 5.95 Å². The molecule has 0 aromatic carbocycles. The van der Waals surface area contributed by atoms with Gasteiger partial charge in [-0.05, 0) is 34.4 Å². The van der Waals surface area contributed by atoms with Gasteiger partial charge in [-0.1, -0.05) is 0 Å². The second kappa shape index (κ2) is 3.86. The normalized spacial score (nSPS) is 29.5. The van der Waals surface area contributed by atoms with E-state index in [0.717, 1.165) is 47.5 Å². The topological polar surface area (TPSA) is 41.1 Å². The Kier molecular flexibility index (Phi) is 2.51. The van der Waals surface area contributed by atoms with Crippen LogP contribution in [-0.4, -0.2) is 36.1 Å². The van der Waals surface area contributed by atoms with Crippen LogP contribution >= 0.6 is 22.6 Å². The lowest BCUT2D eigenvalue weighted by atomic mass is 10.0. The molecule has 2 unspecified atom stereocenters. The van der Waals surface area contributed by atoms with Crippen LogP contribution in [0.3, 0.4) is 0 Å². The molecule has 15 heavy (non-hydrogen) atoms. The quantitative estimate of drug-likeness (QED) is 0.776. The Bertz CT molecular complexity index is 341. The van der Waals surface area contributed by atoms with Gasteiger partial charge in [-0.25, -0.2) is 9.97 Å². The van der Waals surface area contributed by atoms with Crippen LogP contribution in [0.25, 0.3) is 0 Å². The van der Waals surface area contributed by atoms with E-state index in [0.29, 0.717) is 0 Å². The van der Waals surface area contributed by atoms with Crippen molar-refractivity contribution >= 4 is 28.5 Å². The molecule has 2 saturated heterocycles. The van der Waals surface area contributed by atoms with E-state index >= 15 is 0 Å². The van der Waals surface area contributed by atoms with Crippen LogP contribution in [0.15, 0.2) is 12.4 Å². The summed E-state index contributed by atoms with van der Waals surface area (Å²) in [5.74, 6) is 2.49. The summed E-state index contributed by atoms with van der Waals surface area (Å²) >= 11 is 2.23. The zero-order valence-electron chi connectivity index (χ0n) is 8.36. The predicted octanol–water partition coefficient (Wildman–Crippen LogP) is 0.737. The van der Waals surface area contributed by atoms with E-state index in [-0.39, 0.29) is 0 Å². The molecule has 1 aromatic rings. The molecule has 2 atom stereocenters. The molecule has 0 bridgehead atoms. The third-order valence-electron chi connectivity index (χ3n) is 3.28. The molecule has 1 N–H and O–H groups in total. The number of rotatable bonds is 1. The van der Waals surface area contributed by atoms with Gasteiger partial charge in [0.2, 0.25) is 5.95 Å². The van der Waals surface area contributed by atoms with Crippen LogP contribution in [0.1, 0.15) is 0 Å². The highest BCUT2D eigenvalue weighted by atomic mass is 127. The molecule has 0 spiro atoms. The van der Waals surface area contributed by atoms with Crippen molar-refractivity contribution in [2.24, 2.45) is 11.8 Å². The monoisotopic (exact) mass is 316 g/mol. The molecule has 0 radical (unpaired) electrons. The maximum atomic E-state index is 4.37. The average Bonchev–Trinajstić information content (AvgIpc) is 2.78. The fourth-order valence-corrected chi connectivity index (χ4v) is 2.77. The van der Waals surface area contributed by atoms with Crippen molar-refractivity contribution in [1.82, 2.24) is 15.3 Å². The lowest BCUT2D eigenvalue weighted by Crippen LogP contribution is -2.26. The Morgan fingerprint density at radius 3 is 2.40 bits per heavy atom. The summed E-state index contributed by atoms with van der Waals surface area (Å²) in [5.41, 5.74) is 0. The number of nitrogens with zero attached hydrogens (tertiary/aromatic N) is 3. The predicted molar refractivity (Wildman–Crippen MR) is 66.8 cm³/mol. The lowest BCUT2D eigenvalue weighted by molar-refractivity contribution is 0.533. The van der Waals surface area contributed by atoms with Gasteiger partial charge in [-0.2, -0.15) is 0 Å². The van der Waals surface area contributed by atoms with Crippen molar-refractivity contribution < 1.29 is 0 Å². The van der Waals surface area contributed by atoms with Gasteiger partial charge < -0.3 is 10.2 Å². The smallest absolute Gasteiger partial charge is 0.225 e. The molecule has 0 amide bonds. The van der Waals surface area contributed by atoms with Crippen LogP contribution < -0.4 is 10.2 Å². The molecular formula is C10H13IN4. The number of aromatic nitrogens is 2. The Hall–Kier alpha value is -0.430. The first-order valence-electron chi connectivity index (χ1n) is 5.26. The van der Waals surface area contributed by atoms with Gasteiger partial charge in [0.1, 0.15) is 0 Å². The molecule has 2 aliphatic heterocycles. The molecule has 2 fully saturated rings. The van der Waals surface area contributed by atoms with Gasteiger partial charge in [-0.15, -0.1) is 0 Å². The van der Waals surface area contributed by atoms with E-state index in [1.807, 2.05) is 12.4 Å². The highest BCUT2D eigenvalue weighted by Gasteiger charge is 2.36. The van der Waals surface area contributed by atoms with Crippen molar-refractivity contribution in [1.29, 1.82) is 0 Å². The zero-order chi connectivity index (χ0) is 10.3. The van der Waals surface area contributed by atoms with Crippen LogP contribution in [0, 0.1) is 15.4 Å². The minimum absolute atomic E-state index is 0.799. The summed E-state index contributed by atoms with van der Waals surface area (Å²) in [7, 11) is 0. The molecule has 4 nitrogen and oxygen atoms in total. The summed E-state index contributed by atoms with van der Waals surface area (Å²) in [6.07, 6.45) is 3.77. The van der Waals surface area contributed by atoms with Crippen molar-refractivity contribution in [3.8, 4) is 0 Å². The largest absolute Gasteiger partial charge is 0.340 e. The molecule has 0 saturated carbocycles. The van der Waals surface area contributed by atoms with E-state index < -0.39 is 0 Å². The fraction of sp³-hybridized carbons (Fsp3) is 0.600. The summed E-state index contributed by atoms with van der Waals surface area (Å²) in [5, 5.41) is 3.44. The van der Waals surface area contributed by atoms with Gasteiger partial charge in [-0.3, -0.25) is 0 Å². The number of halogens is 1. The lowest BCUT2D eigenvalue weighted by Gasteiger charge is -2.16. The second-order valence-electron chi connectivity index (χ2n) is 4.28. The Morgan fingerprint density at radius 1 is 1.20 bits per heavy atom. The molecule has 1 aromatic heterocycles. The van der Waals surface area contributed by atoms with Gasteiger partial charge in [0.05, 0.1) is 0 Å². The first-order chi connectivity index (χ1) is 7.33. The minimum Gasteiger partial charge on any atom is -0.340 e. The summed E-state index contributed by atoms with van der Waals surface area (Å²) in [6, 6.07) is 0. The van der Waals surface area contributed by atoms with E-state index in [2.05, 4.69) is 42.8 Å². The molecule has 80 valence electrons. The van der Waals surface area contributed by atoms with Gasteiger partial charge in [0.25, 0.3) is 0 Å². The molecule has 2 aliphatic rings. The number of anilines is 1. The van der Waals surface area contributed by atoms with E-state index in [1.165, 1.54) is 0 Å². The van der Waals surface area contributed by atoms with Crippen LogP contribution in [0.5, 0.6) is 0 Å². The van der Waals surface area contributed by atoms with Crippen molar-refractivity contribution in [3.05, 3.63) is 16.0 Å². The number of hydrogen-bond acceptors (Lipinski definition) is 4. The van der Waals surface area contributed by atoms with Gasteiger partial charge >= 0.3 is 0 Å². The molecular weight excluding hydrogens is 303 g/mol. The highest BCUT2D eigenvalue weighted by Crippen LogP contribution is 2.28. The minimum atomic E-state index is 0.799. The van der Waals surface area contributed by atoms with Crippen LogP contribution in [0.2, 0.25) is 0 Å². The first kappa shape index (κ1) is 9.77. The highest BCUT2D eigenvalue weighted by molar-refractivity contribution is 14.1. The maximum Gasteiger partial charge on any atom is 0.225 e. The maximum absolute atomic E-state index is 4.37. The SMILES string of the molecule is Ic1cnc(N2CC3CNCC3C2)nc1. The standard InChI is InChI=1S/C10H13IN4/c11-9-3-13-10(14-4-9)15-5-7-1-12-2-8(7)6-15/h3-4,7-8,12H,1-2,5-6H2. The van der Waals surface area contributed by atoms with Crippen molar-refractivity contribution in [3.63, 3.8) is 0 Å². The third-order valence-corrected chi connectivity index (χ3v) is 3.84. The molecule has 0 aliphatic carbocycles. The molecule has 3 heterocycles. The molecule has 5 heteroatoms.